The fourth-order valence-corrected chi connectivity index (χ4v) is 3.59. The molecule has 1 atom stereocenters. The van der Waals surface area contributed by atoms with Crippen molar-refractivity contribution in [3.63, 3.8) is 0 Å². The molecule has 1 heterocycles. The number of amides is 2. The maximum Gasteiger partial charge on any atom is 0.442 e. The van der Waals surface area contributed by atoms with Crippen LogP contribution in [0.5, 0.6) is 0 Å². The molecule has 5 nitrogen and oxygen atoms in total. The zero-order chi connectivity index (χ0) is 18.9. The number of halogens is 3. The van der Waals surface area contributed by atoms with E-state index in [1.807, 2.05) is 0 Å². The second-order valence-corrected chi connectivity index (χ2v) is 6.66. The van der Waals surface area contributed by atoms with Crippen molar-refractivity contribution in [1.82, 2.24) is 10.2 Å². The minimum absolute atomic E-state index is 0.0337. The number of carbonyl (C=O) groups is 2. The molecule has 140 valence electrons. The maximum absolute atomic E-state index is 13.9. The van der Waals surface area contributed by atoms with E-state index in [1.165, 1.54) is 0 Å². The summed E-state index contributed by atoms with van der Waals surface area (Å²) < 4.78 is 41.7. The predicted molar refractivity (Wildman–Crippen MR) is 89.3 cm³/mol. The van der Waals surface area contributed by atoms with Crippen molar-refractivity contribution >= 4 is 17.6 Å². The number of hydrogen-bond donors (Lipinski definition) is 1. The average molecular weight is 367 g/mol. The number of benzene rings is 1. The zero-order valence-corrected chi connectivity index (χ0v) is 14.3. The highest BCUT2D eigenvalue weighted by Gasteiger charge is 2.67. The van der Waals surface area contributed by atoms with Crippen LogP contribution >= 0.6 is 0 Å². The van der Waals surface area contributed by atoms with E-state index in [0.29, 0.717) is 18.4 Å². The van der Waals surface area contributed by atoms with Gasteiger partial charge in [-0.1, -0.05) is 49.6 Å². The van der Waals surface area contributed by atoms with E-state index < -0.39 is 23.7 Å². The Kier molecular flexibility index (Phi) is 4.77. The Morgan fingerprint density at radius 2 is 1.81 bits per heavy atom. The van der Waals surface area contributed by atoms with Gasteiger partial charge in [0.1, 0.15) is 5.84 Å². The first kappa shape index (κ1) is 18.4. The van der Waals surface area contributed by atoms with E-state index in [4.69, 9.17) is 0 Å². The summed E-state index contributed by atoms with van der Waals surface area (Å²) in [5, 5.41) is 1.77. The normalized spacial score (nSPS) is 24.5. The van der Waals surface area contributed by atoms with Crippen LogP contribution in [0.1, 0.15) is 44.6 Å². The number of amidine groups is 1. The third-order valence-electron chi connectivity index (χ3n) is 4.77. The number of alkyl halides is 3. The smallest absolute Gasteiger partial charge is 0.317 e. The van der Waals surface area contributed by atoms with Crippen LogP contribution in [0.4, 0.5) is 13.2 Å². The van der Waals surface area contributed by atoms with Gasteiger partial charge in [0.25, 0.3) is 5.91 Å². The summed E-state index contributed by atoms with van der Waals surface area (Å²) in [6.07, 6.45) is -1.13. The molecule has 3 rings (SSSR count). The van der Waals surface area contributed by atoms with Gasteiger partial charge in [0.2, 0.25) is 5.91 Å². The Hall–Kier alpha value is -2.38. The molecule has 0 unspecified atom stereocenters. The minimum Gasteiger partial charge on any atom is -0.317 e. The Balaban J connectivity index is 2.13. The van der Waals surface area contributed by atoms with E-state index >= 15 is 0 Å². The molecule has 1 aromatic rings. The summed E-state index contributed by atoms with van der Waals surface area (Å²) in [4.78, 5) is 29.4. The second kappa shape index (κ2) is 6.74. The highest BCUT2D eigenvalue weighted by atomic mass is 19.4. The molecule has 0 saturated heterocycles. The highest BCUT2D eigenvalue weighted by molar-refractivity contribution is 6.16. The standard InChI is InChI=1S/C18H20F3N3O2/c1-12(25)22-17(18(19,20)21)16(26)24(14-10-6-3-7-11-14)15(23-17)13-8-4-2-5-9-13/h2,4-5,8-9,14H,3,6-7,10-11H2,1H3,(H,22,25)/t17-/m1/s1. The van der Waals surface area contributed by atoms with Crippen LogP contribution < -0.4 is 5.32 Å². The van der Waals surface area contributed by atoms with Gasteiger partial charge < -0.3 is 5.32 Å². The van der Waals surface area contributed by atoms with Gasteiger partial charge in [-0.05, 0) is 12.8 Å². The van der Waals surface area contributed by atoms with Crippen molar-refractivity contribution in [3.8, 4) is 0 Å². The van der Waals surface area contributed by atoms with Crippen molar-refractivity contribution in [1.29, 1.82) is 0 Å². The number of rotatable bonds is 3. The SMILES string of the molecule is CC(=O)N[C@@]1(C(F)(F)F)N=C(c2ccccc2)N(C2CCCCC2)C1=O. The maximum atomic E-state index is 13.9. The first-order valence-electron chi connectivity index (χ1n) is 8.61. The van der Waals surface area contributed by atoms with Crippen LogP contribution in [0.15, 0.2) is 35.3 Å². The van der Waals surface area contributed by atoms with Crippen LogP contribution in [0.2, 0.25) is 0 Å². The van der Waals surface area contributed by atoms with E-state index in [2.05, 4.69) is 4.99 Å². The summed E-state index contributed by atoms with van der Waals surface area (Å²) in [6.45, 7) is 0.946. The lowest BCUT2D eigenvalue weighted by atomic mass is 9.93. The quantitative estimate of drug-likeness (QED) is 0.893. The Morgan fingerprint density at radius 1 is 1.19 bits per heavy atom. The van der Waals surface area contributed by atoms with Gasteiger partial charge in [-0.15, -0.1) is 0 Å². The van der Waals surface area contributed by atoms with Gasteiger partial charge in [0.15, 0.2) is 0 Å². The Morgan fingerprint density at radius 3 is 2.35 bits per heavy atom. The molecule has 2 aliphatic rings. The van der Waals surface area contributed by atoms with E-state index in [1.54, 1.807) is 35.6 Å². The molecule has 0 spiro atoms. The molecule has 1 N–H and O–H groups in total. The molecule has 1 aliphatic carbocycles. The zero-order valence-electron chi connectivity index (χ0n) is 14.3. The molecule has 0 bridgehead atoms. The van der Waals surface area contributed by atoms with Crippen LogP contribution in [-0.4, -0.2) is 40.4 Å². The number of aliphatic imine (C=N–C) groups is 1. The van der Waals surface area contributed by atoms with Gasteiger partial charge >= 0.3 is 11.8 Å². The van der Waals surface area contributed by atoms with Crippen molar-refractivity contribution in [2.45, 2.75) is 56.9 Å². The summed E-state index contributed by atoms with van der Waals surface area (Å²) in [6, 6.07) is 7.95. The Bertz CT molecular complexity index is 727. The van der Waals surface area contributed by atoms with Crippen LogP contribution in [0, 0.1) is 0 Å². The fraction of sp³-hybridized carbons (Fsp3) is 0.500. The lowest BCUT2D eigenvalue weighted by Crippen LogP contribution is -2.64. The first-order valence-corrected chi connectivity index (χ1v) is 8.61. The fourth-order valence-electron chi connectivity index (χ4n) is 3.59. The summed E-state index contributed by atoms with van der Waals surface area (Å²) in [7, 11) is 0. The van der Waals surface area contributed by atoms with Gasteiger partial charge in [0, 0.05) is 18.5 Å². The van der Waals surface area contributed by atoms with Crippen molar-refractivity contribution < 1.29 is 22.8 Å². The summed E-state index contributed by atoms with van der Waals surface area (Å²) >= 11 is 0. The van der Waals surface area contributed by atoms with Crippen molar-refractivity contribution in [2.24, 2.45) is 4.99 Å². The lowest BCUT2D eigenvalue weighted by molar-refractivity contribution is -0.200. The van der Waals surface area contributed by atoms with Gasteiger partial charge in [0.05, 0.1) is 0 Å². The molecule has 0 aromatic heterocycles. The van der Waals surface area contributed by atoms with E-state index in [0.717, 1.165) is 31.1 Å². The lowest BCUT2D eigenvalue weighted by Gasteiger charge is -2.34. The average Bonchev–Trinajstić information content (AvgIpc) is 2.89. The number of carbonyl (C=O) groups excluding carboxylic acids is 2. The minimum atomic E-state index is -5.04. The van der Waals surface area contributed by atoms with E-state index in [9.17, 15) is 22.8 Å². The predicted octanol–water partition coefficient (Wildman–Crippen LogP) is 3.00. The molecule has 2 amide bonds. The van der Waals surface area contributed by atoms with Gasteiger partial charge in [-0.3, -0.25) is 14.5 Å². The molecule has 1 aromatic carbocycles. The first-order chi connectivity index (χ1) is 12.3. The third kappa shape index (κ3) is 3.08. The van der Waals surface area contributed by atoms with Crippen LogP contribution in [0.25, 0.3) is 0 Å². The van der Waals surface area contributed by atoms with Gasteiger partial charge in [-0.2, -0.15) is 13.2 Å². The monoisotopic (exact) mass is 367 g/mol. The van der Waals surface area contributed by atoms with E-state index in [-0.39, 0.29) is 11.9 Å². The van der Waals surface area contributed by atoms with Crippen LogP contribution in [-0.2, 0) is 9.59 Å². The molecule has 1 saturated carbocycles. The number of nitrogens with zero attached hydrogens (tertiary/aromatic N) is 2. The van der Waals surface area contributed by atoms with Crippen LogP contribution in [0.3, 0.4) is 0 Å². The molecule has 8 heteroatoms. The summed E-state index contributed by atoms with van der Waals surface area (Å²) in [5.74, 6) is -2.23. The molecule has 26 heavy (non-hydrogen) atoms. The molecule has 0 radical (unpaired) electrons. The third-order valence-corrected chi connectivity index (χ3v) is 4.77. The highest BCUT2D eigenvalue weighted by Crippen LogP contribution is 2.40. The largest absolute Gasteiger partial charge is 0.442 e. The summed E-state index contributed by atoms with van der Waals surface area (Å²) in [5.41, 5.74) is -2.84. The Labute approximate surface area is 149 Å². The topological polar surface area (TPSA) is 61.8 Å². The second-order valence-electron chi connectivity index (χ2n) is 6.66. The molecule has 1 aliphatic heterocycles. The van der Waals surface area contributed by atoms with Gasteiger partial charge in [-0.25, -0.2) is 4.99 Å². The van der Waals surface area contributed by atoms with Crippen molar-refractivity contribution in [3.05, 3.63) is 35.9 Å². The number of nitrogens with one attached hydrogen (secondary N) is 1. The molecule has 1 fully saturated rings. The molecular formula is C18H20F3N3O2. The number of hydrogen-bond acceptors (Lipinski definition) is 3. The molecular weight excluding hydrogens is 347 g/mol. The van der Waals surface area contributed by atoms with Crippen molar-refractivity contribution in [2.75, 3.05) is 0 Å².